The summed E-state index contributed by atoms with van der Waals surface area (Å²) in [7, 11) is -3.41. The molecule has 1 aliphatic heterocycles. The number of carbonyl (C=O) groups excluding carboxylic acids is 1. The van der Waals surface area contributed by atoms with Gasteiger partial charge in [-0.2, -0.15) is 0 Å². The molecule has 0 bridgehead atoms. The number of amides is 1. The van der Waals surface area contributed by atoms with E-state index in [1.807, 2.05) is 0 Å². The highest BCUT2D eigenvalue weighted by molar-refractivity contribution is 7.90. The molecule has 1 fully saturated rings. The van der Waals surface area contributed by atoms with Crippen molar-refractivity contribution in [2.75, 3.05) is 26.3 Å². The SMILES string of the molecule is CC(NS(=O)(=O)C(C)C)C(=O)N1CCOCC1. The van der Waals surface area contributed by atoms with Crippen LogP contribution in [0.5, 0.6) is 0 Å². The van der Waals surface area contributed by atoms with Crippen LogP contribution in [0.3, 0.4) is 0 Å². The minimum atomic E-state index is -3.41. The quantitative estimate of drug-likeness (QED) is 0.747. The molecule has 100 valence electrons. The van der Waals surface area contributed by atoms with E-state index in [-0.39, 0.29) is 5.91 Å². The molecular formula is C10H20N2O4S. The van der Waals surface area contributed by atoms with E-state index < -0.39 is 21.3 Å². The van der Waals surface area contributed by atoms with Crippen LogP contribution in [0, 0.1) is 0 Å². The summed E-state index contributed by atoms with van der Waals surface area (Å²) in [4.78, 5) is 13.6. The number of ether oxygens (including phenoxy) is 1. The lowest BCUT2D eigenvalue weighted by molar-refractivity contribution is -0.136. The second kappa shape index (κ2) is 5.79. The van der Waals surface area contributed by atoms with Crippen LogP contribution < -0.4 is 4.72 Å². The van der Waals surface area contributed by atoms with Gasteiger partial charge in [0.15, 0.2) is 0 Å². The van der Waals surface area contributed by atoms with Crippen LogP contribution in [0.25, 0.3) is 0 Å². The van der Waals surface area contributed by atoms with Crippen LogP contribution in [-0.4, -0.2) is 56.8 Å². The van der Waals surface area contributed by atoms with Gasteiger partial charge in [-0.15, -0.1) is 0 Å². The largest absolute Gasteiger partial charge is 0.378 e. The maximum Gasteiger partial charge on any atom is 0.240 e. The van der Waals surface area contributed by atoms with Crippen LogP contribution in [0.15, 0.2) is 0 Å². The maximum atomic E-state index is 11.9. The fourth-order valence-electron chi connectivity index (χ4n) is 1.49. The van der Waals surface area contributed by atoms with E-state index in [2.05, 4.69) is 4.72 Å². The van der Waals surface area contributed by atoms with E-state index in [4.69, 9.17) is 4.74 Å². The number of nitrogens with zero attached hydrogens (tertiary/aromatic N) is 1. The first-order valence-corrected chi connectivity index (χ1v) is 7.27. The highest BCUT2D eigenvalue weighted by Crippen LogP contribution is 2.04. The Kier molecular flexibility index (Phi) is 4.91. The fourth-order valence-corrected chi connectivity index (χ4v) is 2.36. The van der Waals surface area contributed by atoms with Crippen molar-refractivity contribution in [3.05, 3.63) is 0 Å². The van der Waals surface area contributed by atoms with Crippen molar-refractivity contribution in [1.29, 1.82) is 0 Å². The molecule has 1 aliphatic rings. The maximum absolute atomic E-state index is 11.9. The van der Waals surface area contributed by atoms with Gasteiger partial charge in [-0.25, -0.2) is 13.1 Å². The van der Waals surface area contributed by atoms with Crippen molar-refractivity contribution >= 4 is 15.9 Å². The van der Waals surface area contributed by atoms with Gasteiger partial charge in [-0.1, -0.05) is 0 Å². The van der Waals surface area contributed by atoms with Crippen molar-refractivity contribution < 1.29 is 17.9 Å². The normalized spacial score (nSPS) is 19.4. The predicted molar refractivity (Wildman–Crippen MR) is 64.1 cm³/mol. The minimum Gasteiger partial charge on any atom is -0.378 e. The molecule has 1 heterocycles. The summed E-state index contributed by atoms with van der Waals surface area (Å²) in [6, 6.07) is -0.722. The predicted octanol–water partition coefficient (Wildman–Crippen LogP) is -0.438. The average Bonchev–Trinajstić information content (AvgIpc) is 2.28. The van der Waals surface area contributed by atoms with Crippen molar-refractivity contribution in [2.24, 2.45) is 0 Å². The Bertz CT molecular complexity index is 361. The molecule has 0 aromatic rings. The lowest BCUT2D eigenvalue weighted by Gasteiger charge is -2.29. The Hall–Kier alpha value is -0.660. The number of carbonyl (C=O) groups is 1. The Labute approximate surface area is 102 Å². The van der Waals surface area contributed by atoms with E-state index in [9.17, 15) is 13.2 Å². The first-order valence-electron chi connectivity index (χ1n) is 5.72. The van der Waals surface area contributed by atoms with Crippen molar-refractivity contribution in [1.82, 2.24) is 9.62 Å². The van der Waals surface area contributed by atoms with Crippen LogP contribution >= 0.6 is 0 Å². The Morgan fingerprint density at radius 1 is 1.24 bits per heavy atom. The zero-order chi connectivity index (χ0) is 13.1. The Balaban J connectivity index is 2.58. The molecule has 0 aliphatic carbocycles. The first kappa shape index (κ1) is 14.4. The molecule has 1 atom stereocenters. The third-order valence-electron chi connectivity index (χ3n) is 2.65. The minimum absolute atomic E-state index is 0.197. The summed E-state index contributed by atoms with van der Waals surface area (Å²) in [5.74, 6) is -0.197. The number of sulfonamides is 1. The molecule has 7 heteroatoms. The molecule has 17 heavy (non-hydrogen) atoms. The van der Waals surface area contributed by atoms with Crippen molar-refractivity contribution in [3.8, 4) is 0 Å². The van der Waals surface area contributed by atoms with E-state index in [0.29, 0.717) is 26.3 Å². The summed E-state index contributed by atoms with van der Waals surface area (Å²) >= 11 is 0. The molecule has 1 amide bonds. The van der Waals surface area contributed by atoms with E-state index in [1.54, 1.807) is 25.7 Å². The van der Waals surface area contributed by atoms with Crippen molar-refractivity contribution in [3.63, 3.8) is 0 Å². The topological polar surface area (TPSA) is 75.7 Å². The number of hydrogen-bond acceptors (Lipinski definition) is 4. The third-order valence-corrected chi connectivity index (χ3v) is 4.58. The van der Waals surface area contributed by atoms with E-state index in [1.165, 1.54) is 0 Å². The van der Waals surface area contributed by atoms with Crippen LogP contribution in [0.1, 0.15) is 20.8 Å². The average molecular weight is 264 g/mol. The number of rotatable bonds is 4. The lowest BCUT2D eigenvalue weighted by atomic mass is 10.3. The first-order chi connectivity index (χ1) is 7.84. The molecule has 6 nitrogen and oxygen atoms in total. The van der Waals surface area contributed by atoms with Crippen LogP contribution in [0.2, 0.25) is 0 Å². The summed E-state index contributed by atoms with van der Waals surface area (Å²) in [5.41, 5.74) is 0. The van der Waals surface area contributed by atoms with Gasteiger partial charge in [-0.05, 0) is 20.8 Å². The van der Waals surface area contributed by atoms with Gasteiger partial charge >= 0.3 is 0 Å². The summed E-state index contributed by atoms with van der Waals surface area (Å²) < 4.78 is 30.8. The lowest BCUT2D eigenvalue weighted by Crippen LogP contribution is -2.51. The molecule has 1 unspecified atom stereocenters. The Morgan fingerprint density at radius 3 is 2.24 bits per heavy atom. The van der Waals surface area contributed by atoms with Crippen LogP contribution in [-0.2, 0) is 19.6 Å². The third kappa shape index (κ3) is 3.93. The summed E-state index contributed by atoms with van der Waals surface area (Å²) in [6.07, 6.45) is 0. The van der Waals surface area contributed by atoms with E-state index >= 15 is 0 Å². The monoisotopic (exact) mass is 264 g/mol. The standard InChI is InChI=1S/C10H20N2O4S/c1-8(2)17(14,15)11-9(3)10(13)12-4-6-16-7-5-12/h8-9,11H,4-7H2,1-3H3. The molecule has 0 aromatic carbocycles. The molecule has 1 rings (SSSR count). The second-order valence-electron chi connectivity index (χ2n) is 4.37. The Morgan fingerprint density at radius 2 is 1.76 bits per heavy atom. The van der Waals surface area contributed by atoms with Gasteiger partial charge < -0.3 is 9.64 Å². The van der Waals surface area contributed by atoms with E-state index in [0.717, 1.165) is 0 Å². The smallest absolute Gasteiger partial charge is 0.240 e. The fraction of sp³-hybridized carbons (Fsp3) is 0.900. The second-order valence-corrected chi connectivity index (χ2v) is 6.64. The zero-order valence-corrected chi connectivity index (χ0v) is 11.3. The highest BCUT2D eigenvalue weighted by atomic mass is 32.2. The molecule has 0 aromatic heterocycles. The molecular weight excluding hydrogens is 244 g/mol. The van der Waals surface area contributed by atoms with Gasteiger partial charge in [0.1, 0.15) is 0 Å². The molecule has 0 saturated carbocycles. The van der Waals surface area contributed by atoms with Crippen molar-refractivity contribution in [2.45, 2.75) is 32.1 Å². The van der Waals surface area contributed by atoms with Crippen LogP contribution in [0.4, 0.5) is 0 Å². The molecule has 0 radical (unpaired) electrons. The van der Waals surface area contributed by atoms with Gasteiger partial charge in [0.2, 0.25) is 15.9 Å². The summed E-state index contributed by atoms with van der Waals surface area (Å²) in [6.45, 7) is 6.78. The van der Waals surface area contributed by atoms with Gasteiger partial charge in [0, 0.05) is 13.1 Å². The molecule has 1 saturated heterocycles. The summed E-state index contributed by atoms with van der Waals surface area (Å²) in [5, 5.41) is -0.539. The van der Waals surface area contributed by atoms with Gasteiger partial charge in [0.25, 0.3) is 0 Å². The molecule has 0 spiro atoms. The number of nitrogens with one attached hydrogen (secondary N) is 1. The highest BCUT2D eigenvalue weighted by Gasteiger charge is 2.27. The zero-order valence-electron chi connectivity index (χ0n) is 10.5. The number of hydrogen-bond donors (Lipinski definition) is 1. The van der Waals surface area contributed by atoms with Gasteiger partial charge in [-0.3, -0.25) is 4.79 Å². The number of morpholine rings is 1. The molecule has 1 N–H and O–H groups in total. The van der Waals surface area contributed by atoms with Gasteiger partial charge in [0.05, 0.1) is 24.5 Å².